The molecule has 1 N–H and O–H groups in total. The normalized spacial score (nSPS) is 14.0. The van der Waals surface area contributed by atoms with Gasteiger partial charge in [-0.1, -0.05) is 19.6 Å². The molecule has 0 spiro atoms. The van der Waals surface area contributed by atoms with Crippen molar-refractivity contribution in [2.75, 3.05) is 12.4 Å². The van der Waals surface area contributed by atoms with Crippen LogP contribution in [0.15, 0.2) is 42.5 Å². The number of nitrogens with zero attached hydrogens (tertiary/aromatic N) is 1. The van der Waals surface area contributed by atoms with E-state index in [-0.39, 0.29) is 19.0 Å². The van der Waals surface area contributed by atoms with E-state index in [4.69, 9.17) is 4.74 Å². The van der Waals surface area contributed by atoms with Crippen LogP contribution in [0.2, 0.25) is 0 Å². The number of anilines is 1. The van der Waals surface area contributed by atoms with Gasteiger partial charge in [-0.25, -0.2) is 0 Å². The molecule has 0 unspecified atom stereocenters. The summed E-state index contributed by atoms with van der Waals surface area (Å²) in [6.45, 7) is 0. The highest BCUT2D eigenvalue weighted by atomic mass is 16.6. The number of nitrogens with one attached hydrogen (secondary N) is 1. The Morgan fingerprint density at radius 2 is 1.87 bits per heavy atom. The van der Waals surface area contributed by atoms with Gasteiger partial charge >= 0.3 is 0 Å². The van der Waals surface area contributed by atoms with Gasteiger partial charge in [0.05, 0.1) is 12.0 Å². The van der Waals surface area contributed by atoms with Crippen LogP contribution in [-0.4, -0.2) is 17.9 Å². The maximum atomic E-state index is 12.1. The third-order valence-corrected chi connectivity index (χ3v) is 3.42. The number of ether oxygens (including phenoxy) is 1. The number of benzene rings is 2. The molecule has 2 aromatic carbocycles. The molecule has 0 radical (unpaired) electrons. The average molecular weight is 312 g/mol. The van der Waals surface area contributed by atoms with Crippen molar-refractivity contribution < 1.29 is 14.5 Å². The third-order valence-electron chi connectivity index (χ3n) is 3.42. The summed E-state index contributed by atoms with van der Waals surface area (Å²) < 4.78 is 5.08. The fourth-order valence-electron chi connectivity index (χ4n) is 2.30. The van der Waals surface area contributed by atoms with Crippen LogP contribution >= 0.6 is 0 Å². The second kappa shape index (κ2) is 6.31. The van der Waals surface area contributed by atoms with Gasteiger partial charge in [-0.3, -0.25) is 14.9 Å². The second-order valence-electron chi connectivity index (χ2n) is 4.77. The summed E-state index contributed by atoms with van der Waals surface area (Å²) in [4.78, 5) is 22.5. The third kappa shape index (κ3) is 3.06. The summed E-state index contributed by atoms with van der Waals surface area (Å²) in [6.07, 6.45) is 1.70. The molecule has 1 amide bonds. The van der Waals surface area contributed by atoms with Gasteiger partial charge in [0.25, 0.3) is 11.6 Å². The Labute approximate surface area is 133 Å². The van der Waals surface area contributed by atoms with Crippen molar-refractivity contribution in [2.45, 2.75) is 7.43 Å². The molecule has 0 fully saturated rings. The minimum atomic E-state index is -0.478. The number of nitro benzene ring substituents is 1. The Balaban J connectivity index is 0.00000192. The van der Waals surface area contributed by atoms with Crippen molar-refractivity contribution in [3.63, 3.8) is 0 Å². The lowest BCUT2D eigenvalue weighted by atomic mass is 10.0. The summed E-state index contributed by atoms with van der Waals surface area (Å²) in [5.41, 5.74) is 2.29. The standard InChI is InChI=1S/C16H12N2O4.CH4/c1-22-12-5-2-10(3-6-12)8-14-13-9-11(18(20)21)4-7-15(13)17-16(14)19;/h2-9H,1H3,(H,17,19);1H4/b14-8-;. The van der Waals surface area contributed by atoms with Gasteiger partial charge in [-0.2, -0.15) is 0 Å². The van der Waals surface area contributed by atoms with Gasteiger partial charge < -0.3 is 10.1 Å². The van der Waals surface area contributed by atoms with Crippen LogP contribution in [0.1, 0.15) is 18.6 Å². The summed E-state index contributed by atoms with van der Waals surface area (Å²) in [5.74, 6) is 0.445. The monoisotopic (exact) mass is 312 g/mol. The lowest BCUT2D eigenvalue weighted by Crippen LogP contribution is -2.03. The van der Waals surface area contributed by atoms with Crippen LogP contribution in [0, 0.1) is 10.1 Å². The van der Waals surface area contributed by atoms with Crippen molar-refractivity contribution >= 4 is 28.9 Å². The second-order valence-corrected chi connectivity index (χ2v) is 4.77. The van der Waals surface area contributed by atoms with E-state index in [9.17, 15) is 14.9 Å². The van der Waals surface area contributed by atoms with Crippen LogP contribution in [0.3, 0.4) is 0 Å². The molecule has 6 heteroatoms. The van der Waals surface area contributed by atoms with Crippen molar-refractivity contribution in [1.82, 2.24) is 0 Å². The molecule has 2 aromatic rings. The molecule has 1 heterocycles. The van der Waals surface area contributed by atoms with Gasteiger partial charge in [-0.15, -0.1) is 0 Å². The maximum Gasteiger partial charge on any atom is 0.270 e. The highest BCUT2D eigenvalue weighted by Gasteiger charge is 2.26. The van der Waals surface area contributed by atoms with Gasteiger partial charge in [0.2, 0.25) is 0 Å². The van der Waals surface area contributed by atoms with E-state index in [1.165, 1.54) is 12.1 Å². The van der Waals surface area contributed by atoms with Gasteiger partial charge in [0.15, 0.2) is 0 Å². The first-order valence-electron chi connectivity index (χ1n) is 6.54. The van der Waals surface area contributed by atoms with E-state index in [1.807, 2.05) is 12.1 Å². The molecule has 0 aliphatic carbocycles. The fraction of sp³-hybridized carbons (Fsp3) is 0.118. The van der Waals surface area contributed by atoms with Crippen molar-refractivity contribution in [2.24, 2.45) is 0 Å². The number of fused-ring (bicyclic) bond motifs is 1. The van der Waals surface area contributed by atoms with E-state index in [0.717, 1.165) is 5.56 Å². The first-order valence-corrected chi connectivity index (χ1v) is 6.54. The first-order chi connectivity index (χ1) is 10.6. The molecule has 0 saturated heterocycles. The van der Waals surface area contributed by atoms with Crippen LogP contribution in [0.4, 0.5) is 11.4 Å². The zero-order chi connectivity index (χ0) is 15.7. The highest BCUT2D eigenvalue weighted by molar-refractivity contribution is 6.35. The predicted octanol–water partition coefficient (Wildman–Crippen LogP) is 3.73. The van der Waals surface area contributed by atoms with E-state index in [0.29, 0.717) is 22.6 Å². The Hall–Kier alpha value is -3.15. The molecule has 118 valence electrons. The quantitative estimate of drug-likeness (QED) is 0.532. The lowest BCUT2D eigenvalue weighted by Gasteiger charge is -2.01. The van der Waals surface area contributed by atoms with Crippen LogP contribution in [0.5, 0.6) is 5.75 Å². The van der Waals surface area contributed by atoms with Gasteiger partial charge in [0.1, 0.15) is 5.75 Å². The lowest BCUT2D eigenvalue weighted by molar-refractivity contribution is -0.384. The molecule has 23 heavy (non-hydrogen) atoms. The number of carbonyl (C=O) groups is 1. The van der Waals surface area contributed by atoms with E-state index < -0.39 is 4.92 Å². The summed E-state index contributed by atoms with van der Waals surface area (Å²) in [5, 5.41) is 13.6. The summed E-state index contributed by atoms with van der Waals surface area (Å²) in [6, 6.07) is 11.5. The fourth-order valence-corrected chi connectivity index (χ4v) is 2.30. The smallest absolute Gasteiger partial charge is 0.270 e. The number of amides is 1. The minimum absolute atomic E-state index is 0. The first kappa shape index (κ1) is 16.2. The van der Waals surface area contributed by atoms with Crippen molar-refractivity contribution in [1.29, 1.82) is 0 Å². The highest BCUT2D eigenvalue weighted by Crippen LogP contribution is 2.35. The summed E-state index contributed by atoms with van der Waals surface area (Å²) in [7, 11) is 1.58. The van der Waals surface area contributed by atoms with Gasteiger partial charge in [-0.05, 0) is 29.8 Å². The van der Waals surface area contributed by atoms with Crippen LogP contribution < -0.4 is 10.1 Å². The van der Waals surface area contributed by atoms with Crippen LogP contribution in [0.25, 0.3) is 11.6 Å². The molecule has 0 aromatic heterocycles. The number of rotatable bonds is 3. The molecular formula is C17H16N2O4. The molecule has 0 saturated carbocycles. The Bertz CT molecular complexity index is 795. The zero-order valence-corrected chi connectivity index (χ0v) is 11.7. The largest absolute Gasteiger partial charge is 0.497 e. The van der Waals surface area contributed by atoms with Gasteiger partial charge in [0, 0.05) is 29.0 Å². The number of hydrogen-bond acceptors (Lipinski definition) is 4. The SMILES string of the molecule is C.COc1ccc(/C=C2\C(=O)Nc3ccc([N+](=O)[O-])cc32)cc1. The number of nitro groups is 1. The molecule has 6 nitrogen and oxygen atoms in total. The minimum Gasteiger partial charge on any atom is -0.497 e. The molecule has 3 rings (SSSR count). The number of non-ortho nitro benzene ring substituents is 1. The topological polar surface area (TPSA) is 81.5 Å². The Morgan fingerprint density at radius 3 is 2.48 bits per heavy atom. The average Bonchev–Trinajstić information content (AvgIpc) is 2.83. The summed E-state index contributed by atoms with van der Waals surface area (Å²) >= 11 is 0. The van der Waals surface area contributed by atoms with Crippen LogP contribution in [-0.2, 0) is 4.79 Å². The Morgan fingerprint density at radius 1 is 1.17 bits per heavy atom. The number of methoxy groups -OCH3 is 1. The van der Waals surface area contributed by atoms with E-state index in [2.05, 4.69) is 5.32 Å². The van der Waals surface area contributed by atoms with Crippen molar-refractivity contribution in [3.05, 3.63) is 63.7 Å². The molecule has 0 atom stereocenters. The zero-order valence-electron chi connectivity index (χ0n) is 11.7. The molecule has 1 aliphatic rings. The molecular weight excluding hydrogens is 296 g/mol. The van der Waals surface area contributed by atoms with Crippen molar-refractivity contribution in [3.8, 4) is 5.75 Å². The maximum absolute atomic E-state index is 12.1. The predicted molar refractivity (Wildman–Crippen MR) is 89.3 cm³/mol. The molecule has 0 bridgehead atoms. The van der Waals surface area contributed by atoms with E-state index in [1.54, 1.807) is 31.4 Å². The number of carbonyl (C=O) groups excluding carboxylic acids is 1. The Kier molecular flexibility index (Phi) is 4.45. The van der Waals surface area contributed by atoms with E-state index >= 15 is 0 Å². The molecule has 1 aliphatic heterocycles. The number of hydrogen-bond donors (Lipinski definition) is 1.